The Kier molecular flexibility index (Phi) is 9.56. The summed E-state index contributed by atoms with van der Waals surface area (Å²) < 4.78 is 4.80. The third-order valence-corrected chi connectivity index (χ3v) is 3.91. The molecular formula is C19H31NO2. The van der Waals surface area contributed by atoms with Gasteiger partial charge in [-0.25, -0.2) is 4.79 Å². The molecule has 0 N–H and O–H groups in total. The van der Waals surface area contributed by atoms with E-state index in [4.69, 9.17) is 4.74 Å². The fourth-order valence-electron chi connectivity index (χ4n) is 2.61. The first-order chi connectivity index (χ1) is 10.7. The van der Waals surface area contributed by atoms with Crippen LogP contribution in [0.5, 0.6) is 0 Å². The number of methoxy groups -OCH3 is 1. The van der Waals surface area contributed by atoms with Gasteiger partial charge in [0.25, 0.3) is 0 Å². The Morgan fingerprint density at radius 1 is 1.05 bits per heavy atom. The van der Waals surface area contributed by atoms with Crippen molar-refractivity contribution in [2.75, 3.05) is 20.2 Å². The minimum Gasteiger partial charge on any atom is -0.465 e. The van der Waals surface area contributed by atoms with Crippen LogP contribution in [0.2, 0.25) is 0 Å². The first-order valence-corrected chi connectivity index (χ1v) is 8.60. The Bertz CT molecular complexity index is 421. The molecule has 0 heterocycles. The monoisotopic (exact) mass is 305 g/mol. The molecule has 0 aliphatic heterocycles. The number of ether oxygens (including phenoxy) is 1. The van der Waals surface area contributed by atoms with Gasteiger partial charge in [0.2, 0.25) is 0 Å². The highest BCUT2D eigenvalue weighted by atomic mass is 16.5. The van der Waals surface area contributed by atoms with Crippen LogP contribution in [-0.2, 0) is 11.3 Å². The first kappa shape index (κ1) is 18.7. The van der Waals surface area contributed by atoms with Crippen LogP contribution < -0.4 is 0 Å². The SMILES string of the molecule is CCCCCN(CCCCC)Cc1cccc(C(=O)OC)c1. The summed E-state index contributed by atoms with van der Waals surface area (Å²) in [7, 11) is 1.43. The molecule has 0 unspecified atom stereocenters. The quantitative estimate of drug-likeness (QED) is 0.440. The third-order valence-electron chi connectivity index (χ3n) is 3.91. The molecular weight excluding hydrogens is 274 g/mol. The van der Waals surface area contributed by atoms with Crippen LogP contribution in [0.1, 0.15) is 68.3 Å². The number of hydrogen-bond acceptors (Lipinski definition) is 3. The summed E-state index contributed by atoms with van der Waals surface area (Å²) in [5.74, 6) is -0.259. The van der Waals surface area contributed by atoms with Crippen LogP contribution in [0.3, 0.4) is 0 Å². The van der Waals surface area contributed by atoms with Crippen LogP contribution in [-0.4, -0.2) is 31.1 Å². The molecule has 3 nitrogen and oxygen atoms in total. The van der Waals surface area contributed by atoms with Crippen LogP contribution in [0, 0.1) is 0 Å². The Morgan fingerprint density at radius 2 is 1.68 bits per heavy atom. The molecule has 0 amide bonds. The summed E-state index contributed by atoms with van der Waals surface area (Å²) in [6.45, 7) is 7.67. The van der Waals surface area contributed by atoms with Gasteiger partial charge in [0.1, 0.15) is 0 Å². The van der Waals surface area contributed by atoms with Crippen LogP contribution >= 0.6 is 0 Å². The second kappa shape index (κ2) is 11.2. The maximum absolute atomic E-state index is 11.6. The average molecular weight is 305 g/mol. The summed E-state index contributed by atoms with van der Waals surface area (Å²) in [5, 5.41) is 0. The molecule has 3 heteroatoms. The van der Waals surface area contributed by atoms with E-state index in [0.29, 0.717) is 5.56 Å². The van der Waals surface area contributed by atoms with Crippen molar-refractivity contribution in [3.05, 3.63) is 35.4 Å². The maximum atomic E-state index is 11.6. The molecule has 124 valence electrons. The zero-order valence-electron chi connectivity index (χ0n) is 14.4. The van der Waals surface area contributed by atoms with Crippen molar-refractivity contribution >= 4 is 5.97 Å². The molecule has 0 atom stereocenters. The molecule has 1 rings (SSSR count). The summed E-state index contributed by atoms with van der Waals surface area (Å²) in [6.07, 6.45) is 7.57. The summed E-state index contributed by atoms with van der Waals surface area (Å²) in [6, 6.07) is 7.81. The molecule has 22 heavy (non-hydrogen) atoms. The highest BCUT2D eigenvalue weighted by Crippen LogP contribution is 2.12. The van der Waals surface area contributed by atoms with Crippen molar-refractivity contribution in [3.63, 3.8) is 0 Å². The van der Waals surface area contributed by atoms with E-state index < -0.39 is 0 Å². The number of hydrogen-bond donors (Lipinski definition) is 0. The van der Waals surface area contributed by atoms with Crippen LogP contribution in [0.25, 0.3) is 0 Å². The summed E-state index contributed by atoms with van der Waals surface area (Å²) in [5.41, 5.74) is 1.83. The molecule has 0 radical (unpaired) electrons. The van der Waals surface area contributed by atoms with Crippen LogP contribution in [0.15, 0.2) is 24.3 Å². The normalized spacial score (nSPS) is 10.9. The van der Waals surface area contributed by atoms with Crippen molar-refractivity contribution in [1.82, 2.24) is 4.90 Å². The van der Waals surface area contributed by atoms with Gasteiger partial charge >= 0.3 is 5.97 Å². The highest BCUT2D eigenvalue weighted by molar-refractivity contribution is 5.89. The van der Waals surface area contributed by atoms with E-state index in [0.717, 1.165) is 19.6 Å². The predicted octanol–water partition coefficient (Wildman–Crippen LogP) is 4.66. The Labute approximate surface area is 135 Å². The zero-order chi connectivity index (χ0) is 16.2. The fourth-order valence-corrected chi connectivity index (χ4v) is 2.61. The zero-order valence-corrected chi connectivity index (χ0v) is 14.4. The molecule has 0 bridgehead atoms. The largest absolute Gasteiger partial charge is 0.465 e. The highest BCUT2D eigenvalue weighted by Gasteiger charge is 2.09. The van der Waals surface area contributed by atoms with Gasteiger partial charge in [-0.3, -0.25) is 4.90 Å². The lowest BCUT2D eigenvalue weighted by atomic mass is 10.1. The van der Waals surface area contributed by atoms with E-state index in [2.05, 4.69) is 24.8 Å². The molecule has 0 fully saturated rings. The Morgan fingerprint density at radius 3 is 2.23 bits per heavy atom. The molecule has 0 aliphatic carbocycles. The van der Waals surface area contributed by atoms with Gasteiger partial charge in [0.15, 0.2) is 0 Å². The van der Waals surface area contributed by atoms with Gasteiger partial charge in [0, 0.05) is 6.54 Å². The van der Waals surface area contributed by atoms with Gasteiger partial charge in [0.05, 0.1) is 12.7 Å². The molecule has 0 aliphatic rings. The standard InChI is InChI=1S/C19H31NO2/c1-4-6-8-13-20(14-9-7-5-2)16-17-11-10-12-18(15-17)19(21)22-3/h10-12,15H,4-9,13-14,16H2,1-3H3. The van der Waals surface area contributed by atoms with E-state index in [9.17, 15) is 4.79 Å². The minimum absolute atomic E-state index is 0.259. The van der Waals surface area contributed by atoms with E-state index in [-0.39, 0.29) is 5.97 Å². The van der Waals surface area contributed by atoms with Gasteiger partial charge in [-0.1, -0.05) is 51.7 Å². The predicted molar refractivity (Wildman–Crippen MR) is 92.1 cm³/mol. The first-order valence-electron chi connectivity index (χ1n) is 8.60. The average Bonchev–Trinajstić information content (AvgIpc) is 2.54. The molecule has 0 spiro atoms. The maximum Gasteiger partial charge on any atom is 0.337 e. The molecule has 1 aromatic rings. The minimum atomic E-state index is -0.259. The Balaban J connectivity index is 2.63. The fraction of sp³-hybridized carbons (Fsp3) is 0.632. The number of rotatable bonds is 11. The third kappa shape index (κ3) is 7.08. The van der Waals surface area contributed by atoms with Crippen molar-refractivity contribution < 1.29 is 9.53 Å². The van der Waals surface area contributed by atoms with Gasteiger partial charge < -0.3 is 4.74 Å². The number of carbonyl (C=O) groups excluding carboxylic acids is 1. The lowest BCUT2D eigenvalue weighted by molar-refractivity contribution is 0.0600. The van der Waals surface area contributed by atoms with Gasteiger partial charge in [-0.2, -0.15) is 0 Å². The smallest absolute Gasteiger partial charge is 0.337 e. The van der Waals surface area contributed by atoms with Crippen molar-refractivity contribution in [2.24, 2.45) is 0 Å². The van der Waals surface area contributed by atoms with Crippen molar-refractivity contribution in [1.29, 1.82) is 0 Å². The molecule has 1 aromatic carbocycles. The van der Waals surface area contributed by atoms with Crippen LogP contribution in [0.4, 0.5) is 0 Å². The Hall–Kier alpha value is -1.35. The summed E-state index contributed by atoms with van der Waals surface area (Å²) >= 11 is 0. The van der Waals surface area contributed by atoms with Gasteiger partial charge in [-0.15, -0.1) is 0 Å². The second-order valence-corrected chi connectivity index (χ2v) is 5.88. The second-order valence-electron chi connectivity index (χ2n) is 5.88. The number of unbranched alkanes of at least 4 members (excludes halogenated alkanes) is 4. The molecule has 0 saturated carbocycles. The number of nitrogens with zero attached hydrogens (tertiary/aromatic N) is 1. The number of esters is 1. The number of carbonyl (C=O) groups is 1. The lowest BCUT2D eigenvalue weighted by Crippen LogP contribution is -2.25. The van der Waals surface area contributed by atoms with E-state index in [1.807, 2.05) is 18.2 Å². The topological polar surface area (TPSA) is 29.5 Å². The molecule has 0 saturated heterocycles. The van der Waals surface area contributed by atoms with Gasteiger partial charge in [-0.05, 0) is 43.6 Å². The van der Waals surface area contributed by atoms with Crippen molar-refractivity contribution in [3.8, 4) is 0 Å². The molecule has 0 aromatic heterocycles. The number of benzene rings is 1. The lowest BCUT2D eigenvalue weighted by Gasteiger charge is -2.22. The summed E-state index contributed by atoms with van der Waals surface area (Å²) in [4.78, 5) is 14.2. The van der Waals surface area contributed by atoms with E-state index in [1.165, 1.54) is 51.2 Å². The van der Waals surface area contributed by atoms with E-state index in [1.54, 1.807) is 0 Å². The van der Waals surface area contributed by atoms with Crippen molar-refractivity contribution in [2.45, 2.75) is 58.9 Å². The van der Waals surface area contributed by atoms with E-state index >= 15 is 0 Å².